The van der Waals surface area contributed by atoms with E-state index in [1.165, 1.54) is 4.68 Å². The van der Waals surface area contributed by atoms with E-state index in [2.05, 4.69) is 26.9 Å². The Hall–Kier alpha value is -3.74. The Bertz CT molecular complexity index is 1090. The third kappa shape index (κ3) is 3.77. The third-order valence-electron chi connectivity index (χ3n) is 3.53. The molecule has 2 N–H and O–H groups in total. The van der Waals surface area contributed by atoms with Gasteiger partial charge in [0.05, 0.1) is 17.6 Å². The Balaban J connectivity index is 1.97. The van der Waals surface area contributed by atoms with Crippen LogP contribution in [-0.4, -0.2) is 31.9 Å². The minimum absolute atomic E-state index is 0.0127. The molecule has 136 valence electrons. The summed E-state index contributed by atoms with van der Waals surface area (Å²) in [7, 11) is 0. The zero-order valence-electron chi connectivity index (χ0n) is 13.5. The van der Waals surface area contributed by atoms with E-state index in [4.69, 9.17) is 5.73 Å². The van der Waals surface area contributed by atoms with E-state index in [0.717, 1.165) is 0 Å². The van der Waals surface area contributed by atoms with Crippen molar-refractivity contribution in [3.63, 3.8) is 0 Å². The number of hydrogen-bond acceptors (Lipinski definition) is 5. The molecule has 0 aliphatic rings. The first kappa shape index (κ1) is 18.1. The summed E-state index contributed by atoms with van der Waals surface area (Å²) in [4.78, 5) is 29.4. The Morgan fingerprint density at radius 2 is 1.93 bits per heavy atom. The van der Waals surface area contributed by atoms with Crippen LogP contribution >= 0.6 is 0 Å². The molecule has 3 rings (SSSR count). The molecule has 0 unspecified atom stereocenters. The van der Waals surface area contributed by atoms with E-state index in [9.17, 15) is 22.8 Å². The van der Waals surface area contributed by atoms with Crippen LogP contribution in [0.15, 0.2) is 30.6 Å². The average Bonchev–Trinajstić information content (AvgIpc) is 2.98. The number of carbonyl (C=O) groups is 2. The largest absolute Gasteiger partial charge is 0.419 e. The Morgan fingerprint density at radius 3 is 2.52 bits per heavy atom. The molecule has 0 spiro atoms. The van der Waals surface area contributed by atoms with Crippen LogP contribution in [0, 0.1) is 11.8 Å². The highest BCUT2D eigenvalue weighted by Gasteiger charge is 2.31. The van der Waals surface area contributed by atoms with Gasteiger partial charge in [-0.05, 0) is 24.1 Å². The minimum atomic E-state index is -4.52. The van der Waals surface area contributed by atoms with Crippen molar-refractivity contribution in [1.82, 2.24) is 19.7 Å². The maximum absolute atomic E-state index is 12.5. The van der Waals surface area contributed by atoms with Crippen LogP contribution in [0.2, 0.25) is 0 Å². The van der Waals surface area contributed by atoms with Gasteiger partial charge in [0.15, 0.2) is 5.69 Å². The van der Waals surface area contributed by atoms with Gasteiger partial charge >= 0.3 is 6.18 Å². The molecule has 0 saturated carbocycles. The first-order valence-corrected chi connectivity index (χ1v) is 7.45. The lowest BCUT2D eigenvalue weighted by Gasteiger charge is -2.03. The van der Waals surface area contributed by atoms with Crippen LogP contribution < -0.4 is 5.73 Å². The van der Waals surface area contributed by atoms with E-state index >= 15 is 0 Å². The van der Waals surface area contributed by atoms with Gasteiger partial charge in [-0.3, -0.25) is 9.48 Å². The van der Waals surface area contributed by atoms with Gasteiger partial charge in [-0.2, -0.15) is 18.3 Å². The lowest BCUT2D eigenvalue weighted by Crippen LogP contribution is -2.13. The van der Waals surface area contributed by atoms with Crippen molar-refractivity contribution in [2.45, 2.75) is 12.7 Å². The van der Waals surface area contributed by atoms with Gasteiger partial charge in [-0.25, -0.2) is 9.97 Å². The molecule has 0 aliphatic heterocycles. The molecule has 0 atom stereocenters. The predicted molar refractivity (Wildman–Crippen MR) is 87.3 cm³/mol. The van der Waals surface area contributed by atoms with Gasteiger partial charge in [0.2, 0.25) is 5.82 Å². The van der Waals surface area contributed by atoms with E-state index < -0.39 is 17.6 Å². The molecule has 7 nitrogen and oxygen atoms in total. The van der Waals surface area contributed by atoms with Crippen LogP contribution in [0.4, 0.5) is 13.2 Å². The number of hydrogen-bond donors (Lipinski definition) is 1. The second kappa shape index (κ2) is 6.87. The van der Waals surface area contributed by atoms with Gasteiger partial charge in [0, 0.05) is 23.3 Å². The quantitative estimate of drug-likeness (QED) is 0.554. The Labute approximate surface area is 150 Å². The highest BCUT2D eigenvalue weighted by atomic mass is 19.4. The van der Waals surface area contributed by atoms with Gasteiger partial charge in [0.25, 0.3) is 5.91 Å². The molecule has 0 bridgehead atoms. The summed E-state index contributed by atoms with van der Waals surface area (Å²) in [5.41, 5.74) is 5.28. The lowest BCUT2D eigenvalue weighted by molar-refractivity contribution is -0.138. The number of alkyl halides is 3. The van der Waals surface area contributed by atoms with Crippen LogP contribution in [-0.2, 0) is 17.5 Å². The number of rotatable bonds is 3. The van der Waals surface area contributed by atoms with Crippen LogP contribution in [0.5, 0.6) is 0 Å². The van der Waals surface area contributed by atoms with Gasteiger partial charge in [-0.1, -0.05) is 5.92 Å². The maximum atomic E-state index is 12.5. The Morgan fingerprint density at radius 1 is 1.22 bits per heavy atom. The zero-order valence-corrected chi connectivity index (χ0v) is 13.5. The van der Waals surface area contributed by atoms with Crippen molar-refractivity contribution in [3.8, 4) is 11.8 Å². The highest BCUT2D eigenvalue weighted by molar-refractivity contribution is 6.04. The number of primary amides is 1. The molecule has 0 radical (unpaired) electrons. The molecule has 0 aliphatic carbocycles. The van der Waals surface area contributed by atoms with Crippen LogP contribution in [0.1, 0.15) is 27.4 Å². The SMILES string of the molecule is NC(=O)c1nn(CC=O)c2ccc(C#Cc3ncc(C(F)(F)F)cn3)cc12. The van der Waals surface area contributed by atoms with Crippen molar-refractivity contribution >= 4 is 23.1 Å². The fourth-order valence-electron chi connectivity index (χ4n) is 2.32. The van der Waals surface area contributed by atoms with Crippen molar-refractivity contribution in [1.29, 1.82) is 0 Å². The smallest absolute Gasteiger partial charge is 0.364 e. The zero-order chi connectivity index (χ0) is 19.6. The normalized spacial score (nSPS) is 11.1. The standard InChI is InChI=1S/C17H10F3N5O2/c18-17(19,20)11-8-22-14(23-9-11)4-2-10-1-3-13-12(7-10)15(16(21)27)24-25(13)5-6-26/h1,3,6-9H,5H2,(H2,21,27). The number of benzene rings is 1. The van der Waals surface area contributed by atoms with Crippen LogP contribution in [0.3, 0.4) is 0 Å². The molecule has 10 heteroatoms. The number of aromatic nitrogens is 4. The second-order valence-corrected chi connectivity index (χ2v) is 5.34. The van der Waals surface area contributed by atoms with Gasteiger partial charge in [0.1, 0.15) is 6.29 Å². The number of fused-ring (bicyclic) bond motifs is 1. The minimum Gasteiger partial charge on any atom is -0.364 e. The molecule has 27 heavy (non-hydrogen) atoms. The molecule has 2 aromatic heterocycles. The Kier molecular flexibility index (Phi) is 4.60. The van der Waals surface area contributed by atoms with Crippen molar-refractivity contribution in [2.24, 2.45) is 5.73 Å². The van der Waals surface area contributed by atoms with Crippen molar-refractivity contribution < 1.29 is 22.8 Å². The maximum Gasteiger partial charge on any atom is 0.419 e. The number of nitrogens with zero attached hydrogens (tertiary/aromatic N) is 4. The number of aldehydes is 1. The summed E-state index contributed by atoms with van der Waals surface area (Å²) >= 11 is 0. The summed E-state index contributed by atoms with van der Waals surface area (Å²) in [6.07, 6.45) is -2.60. The summed E-state index contributed by atoms with van der Waals surface area (Å²) in [6.45, 7) is -0.0474. The average molecular weight is 373 g/mol. The fourth-order valence-corrected chi connectivity index (χ4v) is 2.32. The first-order chi connectivity index (χ1) is 12.8. The van der Waals surface area contributed by atoms with E-state index in [1.54, 1.807) is 18.2 Å². The van der Waals surface area contributed by atoms with Crippen LogP contribution in [0.25, 0.3) is 10.9 Å². The van der Waals surface area contributed by atoms with E-state index in [0.29, 0.717) is 35.1 Å². The number of carbonyl (C=O) groups excluding carboxylic acids is 2. The number of nitrogens with two attached hydrogens (primary N) is 1. The topological polar surface area (TPSA) is 104 Å². The van der Waals surface area contributed by atoms with Crippen molar-refractivity contribution in [3.05, 3.63) is 53.2 Å². The molecule has 2 heterocycles. The first-order valence-electron chi connectivity index (χ1n) is 7.45. The van der Waals surface area contributed by atoms with Gasteiger partial charge < -0.3 is 10.5 Å². The molecule has 1 aromatic carbocycles. The molecule has 0 fully saturated rings. The van der Waals surface area contributed by atoms with E-state index in [1.807, 2.05) is 0 Å². The monoisotopic (exact) mass is 373 g/mol. The summed E-state index contributed by atoms with van der Waals surface area (Å²) in [5.74, 6) is 4.40. The van der Waals surface area contributed by atoms with Gasteiger partial charge in [-0.15, -0.1) is 0 Å². The molecular formula is C17H10F3N5O2. The molecule has 0 saturated heterocycles. The summed E-state index contributed by atoms with van der Waals surface area (Å²) in [5, 5.41) is 4.41. The number of amides is 1. The van der Waals surface area contributed by atoms with E-state index in [-0.39, 0.29) is 18.1 Å². The lowest BCUT2D eigenvalue weighted by atomic mass is 10.1. The van der Waals surface area contributed by atoms with Crippen molar-refractivity contribution in [2.75, 3.05) is 0 Å². The summed E-state index contributed by atoms with van der Waals surface area (Å²) in [6, 6.07) is 4.75. The highest BCUT2D eigenvalue weighted by Crippen LogP contribution is 2.27. The fraction of sp³-hybridized carbons (Fsp3) is 0.118. The summed E-state index contributed by atoms with van der Waals surface area (Å²) < 4.78 is 38.8. The second-order valence-electron chi connectivity index (χ2n) is 5.34. The molecule has 3 aromatic rings. The predicted octanol–water partition coefficient (Wildman–Crippen LogP) is 1.54. The third-order valence-corrected chi connectivity index (χ3v) is 3.53. The molecule has 1 amide bonds. The molecular weight excluding hydrogens is 363 g/mol. The number of halogens is 3.